The highest BCUT2D eigenvalue weighted by molar-refractivity contribution is 5.93. The van der Waals surface area contributed by atoms with E-state index < -0.39 is 17.4 Å². The topological polar surface area (TPSA) is 87.8 Å². The lowest BCUT2D eigenvalue weighted by Gasteiger charge is -2.27. The fraction of sp³-hybridized carbons (Fsp3) is 0.611. The molecule has 1 spiro atoms. The van der Waals surface area contributed by atoms with Crippen LogP contribution in [0.5, 0.6) is 0 Å². The Balaban J connectivity index is 1.52. The molecule has 4 heterocycles. The largest absolute Gasteiger partial charge is 0.383 e. The Kier molecular flexibility index (Phi) is 4.11. The van der Waals surface area contributed by atoms with Gasteiger partial charge in [0, 0.05) is 26.4 Å². The summed E-state index contributed by atoms with van der Waals surface area (Å²) in [6, 6.07) is 1.91. The minimum absolute atomic E-state index is 0.0173. The highest BCUT2D eigenvalue weighted by atomic mass is 16.5. The van der Waals surface area contributed by atoms with Crippen LogP contribution < -0.4 is 0 Å². The van der Waals surface area contributed by atoms with Crippen molar-refractivity contribution >= 4 is 11.8 Å². The number of carbonyl (C=O) groups excluding carboxylic acids is 2. The molecule has 8 nitrogen and oxygen atoms in total. The SMILES string of the molecule is COCCN1C[C@]23C=C[C@H](O2)[C@H](C(=O)N(C)Cc2cc(C)[nH]n2)[C@H]3C1=O. The molecule has 1 aromatic rings. The third kappa shape index (κ3) is 2.55. The van der Waals surface area contributed by atoms with E-state index in [2.05, 4.69) is 10.2 Å². The molecule has 0 aromatic carbocycles. The molecule has 140 valence electrons. The molecule has 1 aromatic heterocycles. The summed E-state index contributed by atoms with van der Waals surface area (Å²) in [5.41, 5.74) is 1.08. The van der Waals surface area contributed by atoms with Gasteiger partial charge in [-0.25, -0.2) is 0 Å². The summed E-state index contributed by atoms with van der Waals surface area (Å²) in [6.07, 6.45) is 3.57. The Morgan fingerprint density at radius 1 is 1.58 bits per heavy atom. The van der Waals surface area contributed by atoms with Crippen molar-refractivity contribution in [2.45, 2.75) is 25.2 Å². The van der Waals surface area contributed by atoms with Gasteiger partial charge in [-0.2, -0.15) is 5.10 Å². The van der Waals surface area contributed by atoms with E-state index in [0.717, 1.165) is 11.4 Å². The summed E-state index contributed by atoms with van der Waals surface area (Å²) in [7, 11) is 3.36. The molecule has 0 radical (unpaired) electrons. The van der Waals surface area contributed by atoms with E-state index in [1.54, 1.807) is 24.0 Å². The first kappa shape index (κ1) is 17.2. The van der Waals surface area contributed by atoms with Gasteiger partial charge in [0.25, 0.3) is 0 Å². The van der Waals surface area contributed by atoms with Gasteiger partial charge in [0.05, 0.1) is 43.3 Å². The number of likely N-dealkylation sites (tertiary alicyclic amines) is 1. The van der Waals surface area contributed by atoms with Crippen LogP contribution in [-0.4, -0.2) is 77.4 Å². The minimum atomic E-state index is -0.667. The molecule has 2 fully saturated rings. The van der Waals surface area contributed by atoms with Crippen molar-refractivity contribution in [3.8, 4) is 0 Å². The summed E-state index contributed by atoms with van der Waals surface area (Å²) in [6.45, 7) is 3.79. The molecule has 0 saturated carbocycles. The molecular weight excluding hydrogens is 336 g/mol. The van der Waals surface area contributed by atoms with Crippen molar-refractivity contribution in [1.29, 1.82) is 0 Å². The summed E-state index contributed by atoms with van der Waals surface area (Å²) < 4.78 is 11.2. The minimum Gasteiger partial charge on any atom is -0.383 e. The molecule has 2 amide bonds. The molecule has 3 aliphatic heterocycles. The van der Waals surface area contributed by atoms with Crippen LogP contribution >= 0.6 is 0 Å². The van der Waals surface area contributed by atoms with Crippen LogP contribution in [-0.2, 0) is 25.6 Å². The van der Waals surface area contributed by atoms with E-state index in [0.29, 0.717) is 26.2 Å². The van der Waals surface area contributed by atoms with Crippen LogP contribution in [0.1, 0.15) is 11.4 Å². The normalized spacial score (nSPS) is 31.7. The highest BCUT2D eigenvalue weighted by Gasteiger charge is 2.66. The second-order valence-electron chi connectivity index (χ2n) is 7.39. The van der Waals surface area contributed by atoms with Crippen LogP contribution in [0.4, 0.5) is 0 Å². The van der Waals surface area contributed by atoms with Crippen molar-refractivity contribution in [1.82, 2.24) is 20.0 Å². The van der Waals surface area contributed by atoms with Crippen molar-refractivity contribution in [3.63, 3.8) is 0 Å². The summed E-state index contributed by atoms with van der Waals surface area (Å²) >= 11 is 0. The van der Waals surface area contributed by atoms with Crippen LogP contribution in [0.15, 0.2) is 18.2 Å². The average molecular weight is 360 g/mol. The van der Waals surface area contributed by atoms with Crippen molar-refractivity contribution in [2.24, 2.45) is 11.8 Å². The van der Waals surface area contributed by atoms with Gasteiger partial charge in [-0.1, -0.05) is 12.2 Å². The number of rotatable bonds is 6. The molecule has 8 heteroatoms. The van der Waals surface area contributed by atoms with Crippen molar-refractivity contribution < 1.29 is 19.1 Å². The maximum atomic E-state index is 13.1. The Labute approximate surface area is 152 Å². The molecule has 26 heavy (non-hydrogen) atoms. The van der Waals surface area contributed by atoms with E-state index in [1.807, 2.05) is 25.1 Å². The van der Waals surface area contributed by atoms with Crippen LogP contribution in [0.25, 0.3) is 0 Å². The first-order valence-corrected chi connectivity index (χ1v) is 8.86. The first-order valence-electron chi connectivity index (χ1n) is 8.86. The number of H-pyrrole nitrogens is 1. The fourth-order valence-corrected chi connectivity index (χ4v) is 4.38. The molecule has 4 atom stereocenters. The van der Waals surface area contributed by atoms with Gasteiger partial charge in [-0.15, -0.1) is 0 Å². The number of amides is 2. The molecule has 2 saturated heterocycles. The van der Waals surface area contributed by atoms with Crippen LogP contribution in [0, 0.1) is 18.8 Å². The molecular formula is C18H24N4O4. The number of nitrogens with zero attached hydrogens (tertiary/aromatic N) is 3. The molecule has 4 rings (SSSR count). The van der Waals surface area contributed by atoms with Crippen molar-refractivity contribution in [2.75, 3.05) is 33.9 Å². The van der Waals surface area contributed by atoms with Gasteiger partial charge in [-0.3, -0.25) is 14.7 Å². The number of hydrogen-bond donors (Lipinski definition) is 1. The molecule has 1 N–H and O–H groups in total. The number of aryl methyl sites for hydroxylation is 1. The van der Waals surface area contributed by atoms with Crippen LogP contribution in [0.2, 0.25) is 0 Å². The Morgan fingerprint density at radius 2 is 2.38 bits per heavy atom. The molecule has 0 unspecified atom stereocenters. The van der Waals surface area contributed by atoms with Gasteiger partial charge in [-0.05, 0) is 13.0 Å². The van der Waals surface area contributed by atoms with Crippen LogP contribution in [0.3, 0.4) is 0 Å². The highest BCUT2D eigenvalue weighted by Crippen LogP contribution is 2.52. The summed E-state index contributed by atoms with van der Waals surface area (Å²) in [5.74, 6) is -1.03. The molecule has 0 aliphatic carbocycles. The molecule has 2 bridgehead atoms. The third-order valence-corrected chi connectivity index (χ3v) is 5.56. The predicted octanol–water partition coefficient (Wildman–Crippen LogP) is 0.105. The number of ether oxygens (including phenoxy) is 2. The van der Waals surface area contributed by atoms with E-state index >= 15 is 0 Å². The van der Waals surface area contributed by atoms with Crippen molar-refractivity contribution in [3.05, 3.63) is 29.6 Å². The monoisotopic (exact) mass is 360 g/mol. The Bertz CT molecular complexity index is 760. The quantitative estimate of drug-likeness (QED) is 0.728. The zero-order valence-electron chi connectivity index (χ0n) is 15.3. The lowest BCUT2D eigenvalue weighted by atomic mass is 9.76. The maximum Gasteiger partial charge on any atom is 0.230 e. The number of fused-ring (bicyclic) bond motifs is 1. The zero-order valence-corrected chi connectivity index (χ0v) is 15.3. The van der Waals surface area contributed by atoms with Gasteiger partial charge in [0.1, 0.15) is 5.60 Å². The smallest absolute Gasteiger partial charge is 0.230 e. The first-order chi connectivity index (χ1) is 12.4. The number of hydrogen-bond acceptors (Lipinski definition) is 5. The fourth-order valence-electron chi connectivity index (χ4n) is 4.38. The standard InChI is InChI=1S/C18H24N4O4/c1-11-8-12(20-19-11)9-21(2)16(23)14-13-4-5-18(26-13)10-22(6-7-25-3)17(24)15(14)18/h4-5,8,13-15H,6-7,9-10H2,1-3H3,(H,19,20)/t13-,14-,15-,18-/m0/s1. The van der Waals surface area contributed by atoms with Gasteiger partial charge in [0.2, 0.25) is 11.8 Å². The average Bonchev–Trinajstić information content (AvgIpc) is 3.34. The van der Waals surface area contributed by atoms with E-state index in [-0.39, 0.29) is 17.9 Å². The second-order valence-corrected chi connectivity index (χ2v) is 7.39. The van der Waals surface area contributed by atoms with Gasteiger partial charge >= 0.3 is 0 Å². The summed E-state index contributed by atoms with van der Waals surface area (Å²) in [5, 5.41) is 7.07. The van der Waals surface area contributed by atoms with E-state index in [4.69, 9.17) is 9.47 Å². The number of carbonyl (C=O) groups is 2. The third-order valence-electron chi connectivity index (χ3n) is 5.56. The number of methoxy groups -OCH3 is 1. The lowest BCUT2D eigenvalue weighted by molar-refractivity contribution is -0.142. The van der Waals surface area contributed by atoms with Gasteiger partial charge in [0.15, 0.2) is 0 Å². The second kappa shape index (κ2) is 6.21. The Hall–Kier alpha value is -2.19. The van der Waals surface area contributed by atoms with E-state index in [9.17, 15) is 9.59 Å². The number of aromatic amines is 1. The zero-order chi connectivity index (χ0) is 18.5. The Morgan fingerprint density at radius 3 is 3.08 bits per heavy atom. The van der Waals surface area contributed by atoms with Gasteiger partial charge < -0.3 is 19.3 Å². The number of nitrogens with one attached hydrogen (secondary N) is 1. The molecule has 3 aliphatic rings. The summed E-state index contributed by atoms with van der Waals surface area (Å²) in [4.78, 5) is 29.5. The maximum absolute atomic E-state index is 13.1. The predicted molar refractivity (Wildman–Crippen MR) is 92.0 cm³/mol. The number of aromatic nitrogens is 2. The van der Waals surface area contributed by atoms with E-state index in [1.165, 1.54) is 0 Å². The lowest BCUT2D eigenvalue weighted by Crippen LogP contribution is -2.44.